The predicted molar refractivity (Wildman–Crippen MR) is 85.4 cm³/mol. The second-order valence-electron chi connectivity index (χ2n) is 4.84. The summed E-state index contributed by atoms with van der Waals surface area (Å²) in [5.74, 6) is -0.567. The molecule has 0 spiro atoms. The van der Waals surface area contributed by atoms with Crippen LogP contribution >= 0.6 is 0 Å². The van der Waals surface area contributed by atoms with E-state index >= 15 is 0 Å². The average Bonchev–Trinajstić information content (AvgIpc) is 2.98. The Morgan fingerprint density at radius 3 is 2.68 bits per heavy atom. The minimum Gasteiger partial charge on any atom is -0.378 e. The van der Waals surface area contributed by atoms with Gasteiger partial charge >= 0.3 is 0 Å². The second-order valence-corrected chi connectivity index (χ2v) is 4.84. The molecular weight excluding hydrogens is 278 g/mol. The van der Waals surface area contributed by atoms with Gasteiger partial charge in [-0.15, -0.1) is 0 Å². The molecule has 2 aromatic carbocycles. The Hall–Kier alpha value is -2.92. The minimum atomic E-state index is -1.23. The number of para-hydroxylation sites is 1. The van der Waals surface area contributed by atoms with Crippen molar-refractivity contribution in [3.63, 3.8) is 0 Å². The summed E-state index contributed by atoms with van der Waals surface area (Å²) >= 11 is 0. The van der Waals surface area contributed by atoms with Crippen LogP contribution in [0.4, 0.5) is 0 Å². The average molecular weight is 293 g/mol. The van der Waals surface area contributed by atoms with Crippen LogP contribution in [0.15, 0.2) is 65.9 Å². The maximum atomic E-state index is 11.9. The highest BCUT2D eigenvalue weighted by atomic mass is 16.3. The SMILES string of the molecule is O=C(N/N=C/c1c[nH]c2ccccc12)[C@@H](O)c1ccccc1. The van der Waals surface area contributed by atoms with E-state index in [2.05, 4.69) is 15.5 Å². The number of hydrogen-bond donors (Lipinski definition) is 3. The lowest BCUT2D eigenvalue weighted by atomic mass is 10.1. The zero-order chi connectivity index (χ0) is 15.4. The highest BCUT2D eigenvalue weighted by Gasteiger charge is 2.15. The Bertz CT molecular complexity index is 809. The van der Waals surface area contributed by atoms with E-state index < -0.39 is 12.0 Å². The van der Waals surface area contributed by atoms with Gasteiger partial charge in [0.05, 0.1) is 6.21 Å². The summed E-state index contributed by atoms with van der Waals surface area (Å²) in [6.45, 7) is 0. The Morgan fingerprint density at radius 2 is 1.86 bits per heavy atom. The summed E-state index contributed by atoms with van der Waals surface area (Å²) in [5, 5.41) is 14.8. The molecule has 0 aliphatic rings. The van der Waals surface area contributed by atoms with Crippen LogP contribution in [0, 0.1) is 0 Å². The Balaban J connectivity index is 1.68. The van der Waals surface area contributed by atoms with E-state index in [0.717, 1.165) is 16.5 Å². The number of nitrogens with zero attached hydrogens (tertiary/aromatic N) is 1. The highest BCUT2D eigenvalue weighted by molar-refractivity contribution is 5.99. The predicted octanol–water partition coefficient (Wildman–Crippen LogP) is 2.35. The number of nitrogens with one attached hydrogen (secondary N) is 2. The van der Waals surface area contributed by atoms with Crippen LogP contribution in [0.25, 0.3) is 10.9 Å². The Kier molecular flexibility index (Phi) is 3.98. The molecule has 0 aliphatic carbocycles. The van der Waals surface area contributed by atoms with E-state index in [-0.39, 0.29) is 0 Å². The number of carbonyl (C=O) groups excluding carboxylic acids is 1. The molecule has 5 nitrogen and oxygen atoms in total. The molecule has 3 rings (SSSR count). The summed E-state index contributed by atoms with van der Waals surface area (Å²) in [6, 6.07) is 16.5. The van der Waals surface area contributed by atoms with Crippen LogP contribution in [0.1, 0.15) is 17.2 Å². The van der Waals surface area contributed by atoms with E-state index in [1.807, 2.05) is 36.5 Å². The fraction of sp³-hybridized carbons (Fsp3) is 0.0588. The third-order valence-corrected chi connectivity index (χ3v) is 3.36. The lowest BCUT2D eigenvalue weighted by molar-refractivity contribution is -0.129. The minimum absolute atomic E-state index is 0.530. The lowest BCUT2D eigenvalue weighted by Crippen LogP contribution is -2.25. The first-order valence-corrected chi connectivity index (χ1v) is 6.88. The van der Waals surface area contributed by atoms with Crippen LogP contribution in [0.5, 0.6) is 0 Å². The van der Waals surface area contributed by atoms with Gasteiger partial charge in [0.25, 0.3) is 5.91 Å². The molecule has 1 amide bonds. The third kappa shape index (κ3) is 2.89. The summed E-state index contributed by atoms with van der Waals surface area (Å²) in [4.78, 5) is 15.0. The number of aliphatic hydroxyl groups is 1. The highest BCUT2D eigenvalue weighted by Crippen LogP contribution is 2.15. The smallest absolute Gasteiger partial charge is 0.273 e. The molecule has 1 aromatic heterocycles. The van der Waals surface area contributed by atoms with Crippen molar-refractivity contribution in [3.05, 3.63) is 71.9 Å². The molecule has 0 aliphatic heterocycles. The van der Waals surface area contributed by atoms with E-state index in [4.69, 9.17) is 0 Å². The molecule has 1 heterocycles. The lowest BCUT2D eigenvalue weighted by Gasteiger charge is -2.08. The van der Waals surface area contributed by atoms with Gasteiger partial charge in [-0.1, -0.05) is 48.5 Å². The molecule has 3 N–H and O–H groups in total. The quantitative estimate of drug-likeness (QED) is 0.510. The van der Waals surface area contributed by atoms with Crippen molar-refractivity contribution in [1.29, 1.82) is 0 Å². The number of H-pyrrole nitrogens is 1. The van der Waals surface area contributed by atoms with Gasteiger partial charge in [-0.3, -0.25) is 4.79 Å². The van der Waals surface area contributed by atoms with Crippen LogP contribution in [0.2, 0.25) is 0 Å². The van der Waals surface area contributed by atoms with Crippen molar-refractivity contribution in [2.75, 3.05) is 0 Å². The fourth-order valence-corrected chi connectivity index (χ4v) is 2.21. The number of hydrogen-bond acceptors (Lipinski definition) is 3. The van der Waals surface area contributed by atoms with Crippen molar-refractivity contribution >= 4 is 23.0 Å². The van der Waals surface area contributed by atoms with Gasteiger partial charge < -0.3 is 10.1 Å². The van der Waals surface area contributed by atoms with E-state index in [0.29, 0.717) is 5.56 Å². The monoisotopic (exact) mass is 293 g/mol. The van der Waals surface area contributed by atoms with Gasteiger partial charge in [0, 0.05) is 22.7 Å². The normalized spacial score (nSPS) is 12.6. The van der Waals surface area contributed by atoms with Crippen LogP contribution in [-0.2, 0) is 4.79 Å². The van der Waals surface area contributed by atoms with Crippen LogP contribution < -0.4 is 5.43 Å². The summed E-state index contributed by atoms with van der Waals surface area (Å²) in [7, 11) is 0. The number of fused-ring (bicyclic) bond motifs is 1. The number of carbonyl (C=O) groups is 1. The van der Waals surface area contributed by atoms with Gasteiger partial charge in [-0.05, 0) is 11.6 Å². The van der Waals surface area contributed by atoms with Crippen molar-refractivity contribution in [2.24, 2.45) is 5.10 Å². The maximum absolute atomic E-state index is 11.9. The molecule has 0 bridgehead atoms. The molecule has 0 radical (unpaired) electrons. The first kappa shape index (κ1) is 14.0. The van der Waals surface area contributed by atoms with Crippen molar-refractivity contribution in [2.45, 2.75) is 6.10 Å². The molecule has 0 fully saturated rings. The van der Waals surface area contributed by atoms with Crippen molar-refractivity contribution < 1.29 is 9.90 Å². The first-order valence-electron chi connectivity index (χ1n) is 6.88. The topological polar surface area (TPSA) is 77.5 Å². The Labute approximate surface area is 127 Å². The van der Waals surface area contributed by atoms with E-state index in [9.17, 15) is 9.90 Å². The van der Waals surface area contributed by atoms with E-state index in [1.54, 1.807) is 30.5 Å². The molecule has 5 heteroatoms. The Morgan fingerprint density at radius 1 is 1.14 bits per heavy atom. The molecule has 0 saturated carbocycles. The number of hydrazone groups is 1. The van der Waals surface area contributed by atoms with Crippen LogP contribution in [-0.4, -0.2) is 22.2 Å². The molecule has 1 atom stereocenters. The van der Waals surface area contributed by atoms with Crippen molar-refractivity contribution in [1.82, 2.24) is 10.4 Å². The summed E-state index contributed by atoms with van der Waals surface area (Å²) < 4.78 is 0. The first-order chi connectivity index (χ1) is 10.8. The second kappa shape index (κ2) is 6.24. The largest absolute Gasteiger partial charge is 0.378 e. The standard InChI is InChI=1S/C17H15N3O2/c21-16(12-6-2-1-3-7-12)17(22)20-19-11-13-10-18-15-9-5-4-8-14(13)15/h1-11,16,18,21H,(H,20,22)/b19-11+/t16-/m0/s1. The molecule has 22 heavy (non-hydrogen) atoms. The maximum Gasteiger partial charge on any atom is 0.273 e. The number of aromatic nitrogens is 1. The molecule has 0 saturated heterocycles. The molecule has 0 unspecified atom stereocenters. The molecule has 110 valence electrons. The summed E-state index contributed by atoms with van der Waals surface area (Å²) in [6.07, 6.45) is 2.13. The number of benzene rings is 2. The zero-order valence-electron chi connectivity index (χ0n) is 11.7. The fourth-order valence-electron chi connectivity index (χ4n) is 2.21. The van der Waals surface area contributed by atoms with Gasteiger partial charge in [-0.25, -0.2) is 5.43 Å². The van der Waals surface area contributed by atoms with Crippen molar-refractivity contribution in [3.8, 4) is 0 Å². The van der Waals surface area contributed by atoms with Gasteiger partial charge in [0.15, 0.2) is 6.10 Å². The summed E-state index contributed by atoms with van der Waals surface area (Å²) in [5.41, 5.74) is 4.75. The number of aliphatic hydroxyl groups excluding tert-OH is 1. The van der Waals surface area contributed by atoms with Crippen LogP contribution in [0.3, 0.4) is 0 Å². The van der Waals surface area contributed by atoms with Gasteiger partial charge in [-0.2, -0.15) is 5.10 Å². The zero-order valence-corrected chi connectivity index (χ0v) is 11.7. The third-order valence-electron chi connectivity index (χ3n) is 3.36. The number of aromatic amines is 1. The number of rotatable bonds is 4. The number of amides is 1. The van der Waals surface area contributed by atoms with E-state index in [1.165, 1.54) is 0 Å². The van der Waals surface area contributed by atoms with Gasteiger partial charge in [0.2, 0.25) is 0 Å². The van der Waals surface area contributed by atoms with Gasteiger partial charge in [0.1, 0.15) is 0 Å². The molecule has 3 aromatic rings. The molecular formula is C17H15N3O2.